The number of furan rings is 1. The Bertz CT molecular complexity index is 412. The van der Waals surface area contributed by atoms with Gasteiger partial charge in [0.1, 0.15) is 11.3 Å². The van der Waals surface area contributed by atoms with E-state index >= 15 is 0 Å². The summed E-state index contributed by atoms with van der Waals surface area (Å²) in [6.45, 7) is 3.04. The maximum Gasteiger partial charge on any atom is 0.341 e. The van der Waals surface area contributed by atoms with Crippen LogP contribution < -0.4 is 0 Å². The molecule has 1 rings (SSSR count). The average Bonchev–Trinajstić information content (AvgIpc) is 2.84. The lowest BCUT2D eigenvalue weighted by molar-refractivity contribution is -0.142. The highest BCUT2D eigenvalue weighted by Gasteiger charge is 2.18. The van der Waals surface area contributed by atoms with Crippen molar-refractivity contribution in [2.75, 3.05) is 27.3 Å². The number of likely N-dealkylation sites (N-methyl/N-ethyl adjacent to an activating group) is 1. The fourth-order valence-corrected chi connectivity index (χ4v) is 1.48. The largest absolute Gasteiger partial charge is 0.468 e. The minimum atomic E-state index is -0.451. The van der Waals surface area contributed by atoms with Crippen LogP contribution in [0.15, 0.2) is 16.7 Å². The first kappa shape index (κ1) is 14.2. The van der Waals surface area contributed by atoms with Crippen LogP contribution in [0.4, 0.5) is 0 Å². The van der Waals surface area contributed by atoms with Crippen LogP contribution in [0.25, 0.3) is 0 Å². The van der Waals surface area contributed by atoms with E-state index in [4.69, 9.17) is 4.42 Å². The van der Waals surface area contributed by atoms with Gasteiger partial charge >= 0.3 is 11.9 Å². The molecule has 0 aliphatic rings. The van der Waals surface area contributed by atoms with E-state index in [1.807, 2.05) is 6.92 Å². The van der Waals surface area contributed by atoms with Gasteiger partial charge in [-0.3, -0.25) is 9.69 Å². The standard InChI is InChI=1S/C12H17NO5/c1-4-13(8-11(14)16-2)7-10-9(5-6-18-10)12(15)17-3/h5-6H,4,7-8H2,1-3H3. The molecule has 100 valence electrons. The van der Waals surface area contributed by atoms with E-state index in [-0.39, 0.29) is 12.5 Å². The maximum absolute atomic E-state index is 11.5. The molecule has 0 unspecified atom stereocenters. The molecule has 0 radical (unpaired) electrons. The molecule has 0 fully saturated rings. The van der Waals surface area contributed by atoms with Crippen molar-refractivity contribution in [3.05, 3.63) is 23.7 Å². The number of carbonyl (C=O) groups is 2. The number of nitrogens with zero attached hydrogens (tertiary/aromatic N) is 1. The van der Waals surface area contributed by atoms with Crippen LogP contribution >= 0.6 is 0 Å². The minimum Gasteiger partial charge on any atom is -0.468 e. The summed E-state index contributed by atoms with van der Waals surface area (Å²) in [5, 5.41) is 0. The Hall–Kier alpha value is -1.82. The highest BCUT2D eigenvalue weighted by Crippen LogP contribution is 2.14. The van der Waals surface area contributed by atoms with Crippen molar-refractivity contribution in [3.63, 3.8) is 0 Å². The normalized spacial score (nSPS) is 10.4. The van der Waals surface area contributed by atoms with Crippen molar-refractivity contribution in [3.8, 4) is 0 Å². The van der Waals surface area contributed by atoms with Crippen LogP contribution in [-0.4, -0.2) is 44.1 Å². The molecule has 0 saturated carbocycles. The zero-order valence-corrected chi connectivity index (χ0v) is 10.8. The van der Waals surface area contributed by atoms with Gasteiger partial charge in [0.15, 0.2) is 0 Å². The van der Waals surface area contributed by atoms with Gasteiger partial charge in [0, 0.05) is 0 Å². The number of hydrogen-bond acceptors (Lipinski definition) is 6. The zero-order chi connectivity index (χ0) is 13.5. The first-order valence-corrected chi connectivity index (χ1v) is 5.56. The summed E-state index contributed by atoms with van der Waals surface area (Å²) in [5.41, 5.74) is 0.376. The molecule has 0 bridgehead atoms. The highest BCUT2D eigenvalue weighted by molar-refractivity contribution is 5.90. The van der Waals surface area contributed by atoms with Gasteiger partial charge in [-0.25, -0.2) is 4.79 Å². The molecule has 0 aliphatic heterocycles. The predicted molar refractivity (Wildman–Crippen MR) is 63.0 cm³/mol. The summed E-state index contributed by atoms with van der Waals surface area (Å²) in [4.78, 5) is 24.5. The molecule has 1 aromatic heterocycles. The van der Waals surface area contributed by atoms with E-state index in [2.05, 4.69) is 9.47 Å². The van der Waals surface area contributed by atoms with Crippen molar-refractivity contribution >= 4 is 11.9 Å². The third-order valence-corrected chi connectivity index (χ3v) is 2.55. The van der Waals surface area contributed by atoms with Gasteiger partial charge in [0.05, 0.1) is 33.6 Å². The van der Waals surface area contributed by atoms with Crippen LogP contribution in [0.1, 0.15) is 23.0 Å². The van der Waals surface area contributed by atoms with Crippen molar-refractivity contribution in [1.82, 2.24) is 4.90 Å². The molecule has 6 nitrogen and oxygen atoms in total. The molecule has 0 atom stereocenters. The van der Waals surface area contributed by atoms with E-state index in [0.717, 1.165) is 0 Å². The van der Waals surface area contributed by atoms with Crippen LogP contribution in [0.2, 0.25) is 0 Å². The SMILES string of the molecule is CCN(CC(=O)OC)Cc1occc1C(=O)OC. The summed E-state index contributed by atoms with van der Waals surface area (Å²) in [7, 11) is 2.65. The van der Waals surface area contributed by atoms with Crippen LogP contribution in [0.5, 0.6) is 0 Å². The van der Waals surface area contributed by atoms with E-state index in [9.17, 15) is 9.59 Å². The monoisotopic (exact) mass is 255 g/mol. The summed E-state index contributed by atoms with van der Waals surface area (Å²) in [6.07, 6.45) is 1.42. The molecular formula is C12H17NO5. The van der Waals surface area contributed by atoms with Gasteiger partial charge < -0.3 is 13.9 Å². The number of ether oxygens (including phenoxy) is 2. The smallest absolute Gasteiger partial charge is 0.341 e. The molecule has 1 heterocycles. The molecule has 6 heteroatoms. The fraction of sp³-hybridized carbons (Fsp3) is 0.500. The minimum absolute atomic E-state index is 0.147. The summed E-state index contributed by atoms with van der Waals surface area (Å²) >= 11 is 0. The first-order chi connectivity index (χ1) is 8.62. The topological polar surface area (TPSA) is 69.0 Å². The Morgan fingerprint density at radius 2 is 2.06 bits per heavy atom. The lowest BCUT2D eigenvalue weighted by Crippen LogP contribution is -2.30. The molecule has 0 amide bonds. The van der Waals surface area contributed by atoms with E-state index in [1.54, 1.807) is 11.0 Å². The van der Waals surface area contributed by atoms with Crippen LogP contribution in [-0.2, 0) is 20.8 Å². The third kappa shape index (κ3) is 3.59. The fourth-order valence-electron chi connectivity index (χ4n) is 1.48. The Morgan fingerprint density at radius 3 is 2.61 bits per heavy atom. The summed E-state index contributed by atoms with van der Waals surface area (Å²) in [6, 6.07) is 1.55. The van der Waals surface area contributed by atoms with Gasteiger partial charge in [0.2, 0.25) is 0 Å². The highest BCUT2D eigenvalue weighted by atomic mass is 16.5. The molecule has 1 aromatic rings. The van der Waals surface area contributed by atoms with Crippen LogP contribution in [0.3, 0.4) is 0 Å². The Balaban J connectivity index is 2.73. The average molecular weight is 255 g/mol. The molecule has 0 aromatic carbocycles. The van der Waals surface area contributed by atoms with Crippen molar-refractivity contribution in [1.29, 1.82) is 0 Å². The van der Waals surface area contributed by atoms with E-state index in [1.165, 1.54) is 20.5 Å². The zero-order valence-electron chi connectivity index (χ0n) is 10.8. The number of esters is 2. The van der Waals surface area contributed by atoms with Gasteiger partial charge in [-0.05, 0) is 12.6 Å². The first-order valence-electron chi connectivity index (χ1n) is 5.56. The van der Waals surface area contributed by atoms with Crippen molar-refractivity contribution in [2.24, 2.45) is 0 Å². The number of carbonyl (C=O) groups excluding carboxylic acids is 2. The quantitative estimate of drug-likeness (QED) is 0.708. The third-order valence-electron chi connectivity index (χ3n) is 2.55. The van der Waals surface area contributed by atoms with Gasteiger partial charge in [-0.15, -0.1) is 0 Å². The second kappa shape index (κ2) is 6.80. The van der Waals surface area contributed by atoms with Gasteiger partial charge in [-0.1, -0.05) is 6.92 Å². The van der Waals surface area contributed by atoms with E-state index in [0.29, 0.717) is 24.4 Å². The molecule has 0 N–H and O–H groups in total. The lowest BCUT2D eigenvalue weighted by Gasteiger charge is -2.17. The van der Waals surface area contributed by atoms with Crippen LogP contribution in [0, 0.1) is 0 Å². The molecule has 18 heavy (non-hydrogen) atoms. The number of rotatable bonds is 6. The molecule has 0 aliphatic carbocycles. The van der Waals surface area contributed by atoms with Crippen molar-refractivity contribution < 1.29 is 23.5 Å². The Kier molecular flexibility index (Phi) is 5.38. The Labute approximate surface area is 105 Å². The maximum atomic E-state index is 11.5. The van der Waals surface area contributed by atoms with Crippen molar-refractivity contribution in [2.45, 2.75) is 13.5 Å². The molecule has 0 saturated heterocycles. The Morgan fingerprint density at radius 1 is 1.33 bits per heavy atom. The van der Waals surface area contributed by atoms with Gasteiger partial charge in [0.25, 0.3) is 0 Å². The lowest BCUT2D eigenvalue weighted by atomic mass is 10.2. The molecule has 0 spiro atoms. The predicted octanol–water partition coefficient (Wildman–Crippen LogP) is 1.06. The molecular weight excluding hydrogens is 238 g/mol. The number of methoxy groups -OCH3 is 2. The number of hydrogen-bond donors (Lipinski definition) is 0. The summed E-state index contributed by atoms with van der Waals surface area (Å²) < 4.78 is 14.5. The van der Waals surface area contributed by atoms with E-state index < -0.39 is 5.97 Å². The second-order valence-electron chi connectivity index (χ2n) is 3.63. The van der Waals surface area contributed by atoms with Gasteiger partial charge in [-0.2, -0.15) is 0 Å². The second-order valence-corrected chi connectivity index (χ2v) is 3.63. The summed E-state index contributed by atoms with van der Waals surface area (Å²) in [5.74, 6) is -0.302.